The first kappa shape index (κ1) is 14.1. The normalized spacial score (nSPS) is 10.4. The van der Waals surface area contributed by atoms with Crippen LogP contribution in [0.3, 0.4) is 0 Å². The summed E-state index contributed by atoms with van der Waals surface area (Å²) < 4.78 is 26.1. The van der Waals surface area contributed by atoms with E-state index in [1.807, 2.05) is 0 Å². The summed E-state index contributed by atoms with van der Waals surface area (Å²) in [7, 11) is 0. The number of hydrogen-bond donors (Lipinski definition) is 2. The molecular weight excluding hydrogens is 292 g/mol. The molecule has 2 aromatic rings. The number of hydrogen-bond acceptors (Lipinski definition) is 4. The largest absolute Gasteiger partial charge is 0.478 e. The van der Waals surface area contributed by atoms with E-state index in [2.05, 4.69) is 15.3 Å². The van der Waals surface area contributed by atoms with Crippen LogP contribution in [0.15, 0.2) is 18.2 Å². The first-order chi connectivity index (χ1) is 9.38. The van der Waals surface area contributed by atoms with Gasteiger partial charge >= 0.3 is 12.0 Å². The lowest BCUT2D eigenvalue weighted by molar-refractivity contribution is 0.0696. The zero-order valence-electron chi connectivity index (χ0n) is 10.1. The number of halogens is 3. The first-order valence-electron chi connectivity index (χ1n) is 5.38. The Balaban J connectivity index is 2.40. The summed E-state index contributed by atoms with van der Waals surface area (Å²) in [4.78, 5) is 17.1. The number of carboxylic acids is 1. The van der Waals surface area contributed by atoms with Gasteiger partial charge in [-0.1, -0.05) is 17.7 Å². The van der Waals surface area contributed by atoms with Gasteiger partial charge in [-0.2, -0.15) is 18.7 Å². The SMILES string of the molecule is Cc1ccc(Nc2nc(F)nc(F)c2Cl)cc1C(=O)O. The van der Waals surface area contributed by atoms with E-state index < -0.39 is 23.0 Å². The maximum absolute atomic E-state index is 13.2. The van der Waals surface area contributed by atoms with Crippen molar-refractivity contribution in [3.05, 3.63) is 46.4 Å². The number of benzene rings is 1. The average molecular weight is 300 g/mol. The van der Waals surface area contributed by atoms with Crippen LogP contribution in [0.5, 0.6) is 0 Å². The van der Waals surface area contributed by atoms with Crippen molar-refractivity contribution in [3.8, 4) is 0 Å². The van der Waals surface area contributed by atoms with Gasteiger partial charge in [0.15, 0.2) is 5.82 Å². The lowest BCUT2D eigenvalue weighted by atomic mass is 10.1. The molecule has 8 heteroatoms. The van der Waals surface area contributed by atoms with Crippen molar-refractivity contribution in [2.45, 2.75) is 6.92 Å². The molecule has 2 N–H and O–H groups in total. The smallest absolute Gasteiger partial charge is 0.336 e. The molecule has 0 saturated heterocycles. The van der Waals surface area contributed by atoms with Gasteiger partial charge in [-0.25, -0.2) is 4.79 Å². The van der Waals surface area contributed by atoms with Crippen LogP contribution in [0.2, 0.25) is 5.02 Å². The Bertz CT molecular complexity index is 695. The fourth-order valence-electron chi connectivity index (χ4n) is 1.54. The van der Waals surface area contributed by atoms with Crippen LogP contribution >= 0.6 is 11.6 Å². The van der Waals surface area contributed by atoms with Gasteiger partial charge in [-0.15, -0.1) is 0 Å². The lowest BCUT2D eigenvalue weighted by Crippen LogP contribution is -2.04. The molecule has 0 unspecified atom stereocenters. The summed E-state index contributed by atoms with van der Waals surface area (Å²) in [6, 6.07) is 4.40. The van der Waals surface area contributed by atoms with Crippen LogP contribution in [0.4, 0.5) is 20.3 Å². The van der Waals surface area contributed by atoms with Crippen molar-refractivity contribution >= 4 is 29.1 Å². The zero-order valence-corrected chi connectivity index (χ0v) is 10.9. The molecule has 0 saturated carbocycles. The van der Waals surface area contributed by atoms with E-state index >= 15 is 0 Å². The summed E-state index contributed by atoms with van der Waals surface area (Å²) in [5.74, 6) is -2.60. The number of aromatic nitrogens is 2. The Hall–Kier alpha value is -2.28. The van der Waals surface area contributed by atoms with Gasteiger partial charge < -0.3 is 10.4 Å². The van der Waals surface area contributed by atoms with Crippen LogP contribution in [-0.4, -0.2) is 21.0 Å². The highest BCUT2D eigenvalue weighted by molar-refractivity contribution is 6.33. The van der Waals surface area contributed by atoms with Gasteiger partial charge in [0, 0.05) is 5.69 Å². The van der Waals surface area contributed by atoms with E-state index in [1.54, 1.807) is 13.0 Å². The Morgan fingerprint density at radius 2 is 2.05 bits per heavy atom. The summed E-state index contributed by atoms with van der Waals surface area (Å²) >= 11 is 5.60. The molecule has 0 bridgehead atoms. The monoisotopic (exact) mass is 299 g/mol. The Morgan fingerprint density at radius 1 is 1.35 bits per heavy atom. The molecule has 0 spiro atoms. The molecule has 0 aliphatic heterocycles. The zero-order chi connectivity index (χ0) is 14.9. The van der Waals surface area contributed by atoms with Gasteiger partial charge in [0.2, 0.25) is 5.95 Å². The van der Waals surface area contributed by atoms with Crippen molar-refractivity contribution in [2.24, 2.45) is 0 Å². The van der Waals surface area contributed by atoms with Crippen molar-refractivity contribution < 1.29 is 18.7 Å². The van der Waals surface area contributed by atoms with Crippen LogP contribution in [-0.2, 0) is 0 Å². The highest BCUT2D eigenvalue weighted by atomic mass is 35.5. The molecule has 1 aromatic heterocycles. The number of anilines is 2. The van der Waals surface area contributed by atoms with E-state index in [4.69, 9.17) is 16.7 Å². The molecule has 1 aromatic carbocycles. The second kappa shape index (κ2) is 5.38. The lowest BCUT2D eigenvalue weighted by Gasteiger charge is -2.09. The van der Waals surface area contributed by atoms with Crippen LogP contribution in [0.25, 0.3) is 0 Å². The Labute approximate surface area is 117 Å². The summed E-state index contributed by atoms with van der Waals surface area (Å²) in [5.41, 5.74) is 0.891. The molecule has 0 amide bonds. The third-order valence-corrected chi connectivity index (χ3v) is 2.85. The molecule has 1 heterocycles. The van der Waals surface area contributed by atoms with Gasteiger partial charge in [0.25, 0.3) is 0 Å². The number of carbonyl (C=O) groups is 1. The Morgan fingerprint density at radius 3 is 2.70 bits per heavy atom. The maximum atomic E-state index is 13.2. The van der Waals surface area contributed by atoms with Crippen molar-refractivity contribution in [2.75, 3.05) is 5.32 Å². The standard InChI is InChI=1S/C12H8ClF2N3O2/c1-5-2-3-6(4-7(5)11(19)20)16-10-8(13)9(14)17-12(15)18-10/h2-4H,1H3,(H,19,20)(H,16,17,18). The number of aryl methyl sites for hydroxylation is 1. The van der Waals surface area contributed by atoms with Gasteiger partial charge in [0.1, 0.15) is 5.02 Å². The van der Waals surface area contributed by atoms with Crippen molar-refractivity contribution in [1.29, 1.82) is 0 Å². The molecule has 0 aliphatic carbocycles. The summed E-state index contributed by atoms with van der Waals surface area (Å²) in [5, 5.41) is 11.1. The predicted molar refractivity (Wildman–Crippen MR) is 68.4 cm³/mol. The molecule has 0 radical (unpaired) electrons. The van der Waals surface area contributed by atoms with Crippen LogP contribution < -0.4 is 5.32 Å². The molecule has 0 fully saturated rings. The average Bonchev–Trinajstić information content (AvgIpc) is 2.37. The van der Waals surface area contributed by atoms with Crippen molar-refractivity contribution in [1.82, 2.24) is 9.97 Å². The van der Waals surface area contributed by atoms with Gasteiger partial charge in [-0.3, -0.25) is 0 Å². The molecule has 0 aliphatic rings. The van der Waals surface area contributed by atoms with E-state index in [0.29, 0.717) is 5.56 Å². The van der Waals surface area contributed by atoms with Crippen LogP contribution in [0, 0.1) is 18.9 Å². The molecule has 0 atom stereocenters. The number of aromatic carboxylic acids is 1. The minimum Gasteiger partial charge on any atom is -0.478 e. The van der Waals surface area contributed by atoms with E-state index in [0.717, 1.165) is 0 Å². The fourth-order valence-corrected chi connectivity index (χ4v) is 1.68. The minimum atomic E-state index is -1.28. The van der Waals surface area contributed by atoms with Gasteiger partial charge in [0.05, 0.1) is 5.56 Å². The highest BCUT2D eigenvalue weighted by Crippen LogP contribution is 2.26. The van der Waals surface area contributed by atoms with E-state index in [-0.39, 0.29) is 17.1 Å². The number of nitrogens with one attached hydrogen (secondary N) is 1. The van der Waals surface area contributed by atoms with E-state index in [9.17, 15) is 13.6 Å². The number of nitrogens with zero attached hydrogens (tertiary/aromatic N) is 2. The predicted octanol–water partition coefficient (Wildman–Crippen LogP) is 3.16. The third-order valence-electron chi connectivity index (χ3n) is 2.51. The second-order valence-corrected chi connectivity index (χ2v) is 4.28. The summed E-state index contributed by atoms with van der Waals surface area (Å²) in [6.45, 7) is 1.63. The third kappa shape index (κ3) is 2.83. The highest BCUT2D eigenvalue weighted by Gasteiger charge is 2.14. The number of carboxylic acid groups (broad SMARTS) is 1. The molecule has 5 nitrogen and oxygen atoms in total. The van der Waals surface area contributed by atoms with Gasteiger partial charge in [-0.05, 0) is 24.6 Å². The topological polar surface area (TPSA) is 75.1 Å². The number of rotatable bonds is 3. The first-order valence-corrected chi connectivity index (χ1v) is 5.76. The van der Waals surface area contributed by atoms with E-state index in [1.165, 1.54) is 12.1 Å². The molecule has 104 valence electrons. The fraction of sp³-hybridized carbons (Fsp3) is 0.0833. The molecular formula is C12H8ClF2N3O2. The summed E-state index contributed by atoms with van der Waals surface area (Å²) in [6.07, 6.45) is -1.28. The maximum Gasteiger partial charge on any atom is 0.336 e. The quantitative estimate of drug-likeness (QED) is 0.672. The molecule has 20 heavy (non-hydrogen) atoms. The Kier molecular flexibility index (Phi) is 3.80. The minimum absolute atomic E-state index is 0.0566. The van der Waals surface area contributed by atoms with Crippen LogP contribution in [0.1, 0.15) is 15.9 Å². The van der Waals surface area contributed by atoms with Crippen molar-refractivity contribution in [3.63, 3.8) is 0 Å². The molecule has 2 rings (SSSR count). The second-order valence-electron chi connectivity index (χ2n) is 3.91.